The van der Waals surface area contributed by atoms with Gasteiger partial charge < -0.3 is 0 Å². The van der Waals surface area contributed by atoms with Crippen LogP contribution in [0.15, 0.2) is 35.2 Å². The average Bonchev–Trinajstić information content (AvgIpc) is 2.26. The summed E-state index contributed by atoms with van der Waals surface area (Å²) in [5.41, 5.74) is 0.400. The summed E-state index contributed by atoms with van der Waals surface area (Å²) in [6.45, 7) is 0. The summed E-state index contributed by atoms with van der Waals surface area (Å²) in [6.07, 6.45) is 0. The molecule has 0 fully saturated rings. The van der Waals surface area contributed by atoms with Crippen molar-refractivity contribution in [1.29, 1.82) is 5.39 Å². The Bertz CT molecular complexity index is 706. The zero-order chi connectivity index (χ0) is 11.8. The normalized spacial score (nSPS) is 11.2. The second-order valence-corrected chi connectivity index (χ2v) is 5.56. The lowest BCUT2D eigenvalue weighted by Gasteiger charge is -1.98. The maximum Gasteiger partial charge on any atom is 0.465 e. The Morgan fingerprint density at radius 1 is 1.25 bits per heavy atom. The predicted molar refractivity (Wildman–Crippen MR) is 59.5 cm³/mol. The molecule has 0 aliphatic heterocycles. The molecule has 2 rings (SSSR count). The number of halogens is 1. The lowest BCUT2D eigenvalue weighted by Crippen LogP contribution is -1.92. The molecular formula is C9H5ClN3O2S+. The van der Waals surface area contributed by atoms with Gasteiger partial charge in [0.1, 0.15) is 0 Å². The largest absolute Gasteiger partial charge is 0.465 e. The van der Waals surface area contributed by atoms with Crippen molar-refractivity contribution in [2.75, 3.05) is 0 Å². The van der Waals surface area contributed by atoms with Crippen molar-refractivity contribution in [1.82, 2.24) is 4.98 Å². The van der Waals surface area contributed by atoms with E-state index in [4.69, 9.17) is 16.1 Å². The van der Waals surface area contributed by atoms with E-state index in [9.17, 15) is 8.42 Å². The van der Waals surface area contributed by atoms with Crippen molar-refractivity contribution in [3.8, 4) is 0 Å². The molecule has 80 valence electrons. The summed E-state index contributed by atoms with van der Waals surface area (Å²) in [4.78, 5) is 6.84. The molecule has 1 aromatic carbocycles. The van der Waals surface area contributed by atoms with Crippen LogP contribution < -0.4 is 0 Å². The van der Waals surface area contributed by atoms with E-state index in [-0.39, 0.29) is 10.7 Å². The molecule has 0 bridgehead atoms. The molecule has 5 nitrogen and oxygen atoms in total. The molecule has 0 aliphatic rings. The van der Waals surface area contributed by atoms with Crippen molar-refractivity contribution >= 4 is 36.5 Å². The molecule has 0 radical (unpaired) electrons. The minimum atomic E-state index is -3.81. The number of aromatic nitrogens is 1. The van der Waals surface area contributed by atoms with Crippen LogP contribution in [0.5, 0.6) is 0 Å². The van der Waals surface area contributed by atoms with Gasteiger partial charge in [0, 0.05) is 21.0 Å². The lowest BCUT2D eigenvalue weighted by atomic mass is 10.2. The first-order valence-corrected chi connectivity index (χ1v) is 6.53. The lowest BCUT2D eigenvalue weighted by molar-refractivity contribution is 0.610. The summed E-state index contributed by atoms with van der Waals surface area (Å²) < 4.78 is 22.5. The van der Waals surface area contributed by atoms with Crippen LogP contribution >= 0.6 is 10.7 Å². The first-order chi connectivity index (χ1) is 7.52. The SMILES string of the molecule is N#[N+]c1ccc2c(S(=O)(=O)Cl)cccc2n1. The van der Waals surface area contributed by atoms with E-state index >= 15 is 0 Å². The number of hydrogen-bond acceptors (Lipinski definition) is 4. The van der Waals surface area contributed by atoms with E-state index < -0.39 is 9.05 Å². The Labute approximate surface area is 95.7 Å². The Kier molecular flexibility index (Phi) is 2.50. The standard InChI is InChI=1S/C9H5ClN3O2S/c10-16(14,15)8-3-1-2-7-6(8)4-5-9(12-7)13-11/h1-5H/q+1. The van der Waals surface area contributed by atoms with Crippen LogP contribution in [0, 0.1) is 5.39 Å². The molecule has 0 atom stereocenters. The Morgan fingerprint density at radius 2 is 2.00 bits per heavy atom. The highest BCUT2D eigenvalue weighted by atomic mass is 35.7. The summed E-state index contributed by atoms with van der Waals surface area (Å²) in [6, 6.07) is 7.41. The molecule has 0 spiro atoms. The van der Waals surface area contributed by atoms with Crippen molar-refractivity contribution in [2.45, 2.75) is 4.90 Å². The molecule has 0 saturated heterocycles. The minimum Gasteiger partial charge on any atom is -0.207 e. The van der Waals surface area contributed by atoms with E-state index in [0.29, 0.717) is 10.9 Å². The van der Waals surface area contributed by atoms with E-state index in [0.717, 1.165) is 0 Å². The molecule has 16 heavy (non-hydrogen) atoms. The van der Waals surface area contributed by atoms with Gasteiger partial charge in [0.05, 0.1) is 16.4 Å². The van der Waals surface area contributed by atoms with Gasteiger partial charge in [-0.2, -0.15) is 0 Å². The number of benzene rings is 1. The highest BCUT2D eigenvalue weighted by molar-refractivity contribution is 8.14. The number of diazo groups is 1. The van der Waals surface area contributed by atoms with Crippen LogP contribution in [0.4, 0.5) is 5.82 Å². The third-order valence-corrected chi connectivity index (χ3v) is 3.42. The van der Waals surface area contributed by atoms with Crippen LogP contribution in [-0.4, -0.2) is 13.4 Å². The number of hydrogen-bond donors (Lipinski definition) is 0. The van der Waals surface area contributed by atoms with E-state index in [1.807, 2.05) is 0 Å². The third-order valence-electron chi connectivity index (χ3n) is 2.04. The summed E-state index contributed by atoms with van der Waals surface area (Å²) in [5, 5.41) is 8.94. The van der Waals surface area contributed by atoms with Crippen LogP contribution in [0.25, 0.3) is 15.9 Å². The quantitative estimate of drug-likeness (QED) is 0.579. The van der Waals surface area contributed by atoms with Crippen LogP contribution in [0.1, 0.15) is 0 Å². The van der Waals surface area contributed by atoms with Gasteiger partial charge in [0.25, 0.3) is 9.05 Å². The molecule has 0 amide bonds. The van der Waals surface area contributed by atoms with Gasteiger partial charge >= 0.3 is 5.82 Å². The fraction of sp³-hybridized carbons (Fsp3) is 0. The van der Waals surface area contributed by atoms with Crippen molar-refractivity contribution in [3.05, 3.63) is 35.3 Å². The maximum absolute atomic E-state index is 11.3. The van der Waals surface area contributed by atoms with Crippen LogP contribution in [-0.2, 0) is 9.05 Å². The van der Waals surface area contributed by atoms with Gasteiger partial charge in [-0.15, -0.1) is 0 Å². The second kappa shape index (κ2) is 3.70. The third kappa shape index (κ3) is 1.83. The molecule has 0 saturated carbocycles. The molecular weight excluding hydrogens is 250 g/mol. The smallest absolute Gasteiger partial charge is 0.207 e. The number of fused-ring (bicyclic) bond motifs is 1. The zero-order valence-corrected chi connectivity index (χ0v) is 9.40. The second-order valence-electron chi connectivity index (χ2n) is 3.03. The molecule has 0 aliphatic carbocycles. The zero-order valence-electron chi connectivity index (χ0n) is 7.83. The molecule has 2 aromatic rings. The van der Waals surface area contributed by atoms with Crippen molar-refractivity contribution in [3.63, 3.8) is 0 Å². The number of pyridine rings is 1. The van der Waals surface area contributed by atoms with Gasteiger partial charge in [0.15, 0.2) is 5.52 Å². The molecule has 0 unspecified atom stereocenters. The summed E-state index contributed by atoms with van der Waals surface area (Å²) >= 11 is 0. The minimum absolute atomic E-state index is 0.0105. The van der Waals surface area contributed by atoms with Gasteiger partial charge in [-0.25, -0.2) is 8.42 Å². The molecule has 0 N–H and O–H groups in total. The number of nitrogens with zero attached hydrogens (tertiary/aromatic N) is 3. The summed E-state index contributed by atoms with van der Waals surface area (Å²) in [7, 11) is 1.47. The maximum atomic E-state index is 11.3. The Morgan fingerprint density at radius 3 is 2.62 bits per heavy atom. The summed E-state index contributed by atoms with van der Waals surface area (Å²) in [5.74, 6) is 0.108. The Hall–Kier alpha value is -1.71. The first kappa shape index (κ1) is 10.8. The van der Waals surface area contributed by atoms with E-state index in [1.54, 1.807) is 6.07 Å². The van der Waals surface area contributed by atoms with Crippen LogP contribution in [0.3, 0.4) is 0 Å². The van der Waals surface area contributed by atoms with E-state index in [2.05, 4.69) is 9.96 Å². The van der Waals surface area contributed by atoms with Crippen molar-refractivity contribution < 1.29 is 8.42 Å². The fourth-order valence-electron chi connectivity index (χ4n) is 1.38. The molecule has 7 heteroatoms. The number of rotatable bonds is 1. The fourth-order valence-corrected chi connectivity index (χ4v) is 2.46. The first-order valence-electron chi connectivity index (χ1n) is 4.22. The highest BCUT2D eigenvalue weighted by Gasteiger charge is 2.18. The van der Waals surface area contributed by atoms with Crippen molar-refractivity contribution in [2.24, 2.45) is 0 Å². The highest BCUT2D eigenvalue weighted by Crippen LogP contribution is 2.26. The topological polar surface area (TPSA) is 75.2 Å². The van der Waals surface area contributed by atoms with Gasteiger partial charge in [-0.05, 0) is 23.2 Å². The van der Waals surface area contributed by atoms with Gasteiger partial charge in [-0.1, -0.05) is 6.07 Å². The van der Waals surface area contributed by atoms with E-state index in [1.165, 1.54) is 24.3 Å². The molecule has 1 heterocycles. The van der Waals surface area contributed by atoms with Gasteiger partial charge in [0.2, 0.25) is 0 Å². The van der Waals surface area contributed by atoms with Crippen LogP contribution in [0.2, 0.25) is 0 Å². The molecule has 1 aromatic heterocycles. The Balaban J connectivity index is 2.87. The van der Waals surface area contributed by atoms with Gasteiger partial charge in [-0.3, -0.25) is 0 Å². The predicted octanol–water partition coefficient (Wildman–Crippen LogP) is 2.65. The average molecular weight is 255 g/mol. The monoisotopic (exact) mass is 254 g/mol.